The summed E-state index contributed by atoms with van der Waals surface area (Å²) >= 11 is 0. The van der Waals surface area contributed by atoms with Gasteiger partial charge in [0.2, 0.25) is 0 Å². The summed E-state index contributed by atoms with van der Waals surface area (Å²) in [7, 11) is 0. The smallest absolute Gasteiger partial charge is 0.0733 e. The van der Waals surface area contributed by atoms with Gasteiger partial charge < -0.3 is 9.47 Å². The topological polar surface area (TPSA) is 18.5 Å². The molecule has 2 fully saturated rings. The van der Waals surface area contributed by atoms with Crippen LogP contribution in [0.2, 0.25) is 0 Å². The van der Waals surface area contributed by atoms with Gasteiger partial charge >= 0.3 is 0 Å². The molecule has 0 radical (unpaired) electrons. The normalized spacial score (nSPS) is 32.2. The molecule has 0 aliphatic carbocycles. The zero-order valence-corrected chi connectivity index (χ0v) is 8.34. The van der Waals surface area contributed by atoms with Crippen molar-refractivity contribution in [1.29, 1.82) is 0 Å². The lowest BCUT2D eigenvalue weighted by Crippen LogP contribution is -2.35. The summed E-state index contributed by atoms with van der Waals surface area (Å²) in [6.07, 6.45) is 3.29. The summed E-state index contributed by atoms with van der Waals surface area (Å²) < 4.78 is 11.3. The van der Waals surface area contributed by atoms with Crippen molar-refractivity contribution in [3.63, 3.8) is 0 Å². The van der Waals surface area contributed by atoms with Crippen molar-refractivity contribution < 1.29 is 9.47 Å². The second kappa shape index (κ2) is 3.43. The maximum Gasteiger partial charge on any atom is 0.0733 e. The van der Waals surface area contributed by atoms with Crippen LogP contribution < -0.4 is 0 Å². The molecular formula is C11H18O2. The Balaban J connectivity index is 1.98. The lowest BCUT2D eigenvalue weighted by molar-refractivity contribution is -0.0777. The van der Waals surface area contributed by atoms with Crippen LogP contribution in [0, 0.1) is 5.92 Å². The maximum absolute atomic E-state index is 5.91. The number of rotatable bonds is 1. The van der Waals surface area contributed by atoms with Gasteiger partial charge in [0.05, 0.1) is 12.2 Å². The standard InChI is InChI=1S/C11H18O2/c1-9(2)10-7-11(13-8-10)3-5-12-6-4-11/h10H,1,3-8H2,2H3. The summed E-state index contributed by atoms with van der Waals surface area (Å²) in [6, 6.07) is 0. The molecule has 0 N–H and O–H groups in total. The number of hydrogen-bond acceptors (Lipinski definition) is 2. The van der Waals surface area contributed by atoms with E-state index in [1.54, 1.807) is 0 Å². The van der Waals surface area contributed by atoms with Crippen molar-refractivity contribution in [3.05, 3.63) is 12.2 Å². The monoisotopic (exact) mass is 182 g/mol. The first-order valence-electron chi connectivity index (χ1n) is 5.09. The van der Waals surface area contributed by atoms with E-state index >= 15 is 0 Å². The number of hydrogen-bond donors (Lipinski definition) is 0. The molecule has 74 valence electrons. The van der Waals surface area contributed by atoms with E-state index in [1.165, 1.54) is 5.57 Å². The zero-order chi connectivity index (χ0) is 9.31. The van der Waals surface area contributed by atoms with Gasteiger partial charge in [0.25, 0.3) is 0 Å². The highest BCUT2D eigenvalue weighted by molar-refractivity contribution is 5.04. The van der Waals surface area contributed by atoms with Gasteiger partial charge in [0, 0.05) is 19.1 Å². The van der Waals surface area contributed by atoms with E-state index in [2.05, 4.69) is 13.5 Å². The van der Waals surface area contributed by atoms with E-state index in [0.717, 1.165) is 39.1 Å². The van der Waals surface area contributed by atoms with Gasteiger partial charge in [-0.3, -0.25) is 0 Å². The van der Waals surface area contributed by atoms with Crippen molar-refractivity contribution in [2.24, 2.45) is 5.92 Å². The Morgan fingerprint density at radius 1 is 1.38 bits per heavy atom. The van der Waals surface area contributed by atoms with Crippen LogP contribution in [0.3, 0.4) is 0 Å². The SMILES string of the molecule is C=C(C)C1COC2(CCOCC2)C1. The van der Waals surface area contributed by atoms with Crippen LogP contribution in [0.5, 0.6) is 0 Å². The Labute approximate surface area is 79.9 Å². The van der Waals surface area contributed by atoms with Gasteiger partial charge in [-0.15, -0.1) is 0 Å². The fourth-order valence-electron chi connectivity index (χ4n) is 2.25. The van der Waals surface area contributed by atoms with Crippen LogP contribution in [-0.4, -0.2) is 25.4 Å². The molecule has 2 nitrogen and oxygen atoms in total. The van der Waals surface area contributed by atoms with Gasteiger partial charge in [-0.05, 0) is 26.2 Å². The van der Waals surface area contributed by atoms with E-state index < -0.39 is 0 Å². The molecule has 1 atom stereocenters. The second-order valence-corrected chi connectivity index (χ2v) is 4.35. The first kappa shape index (κ1) is 9.22. The second-order valence-electron chi connectivity index (χ2n) is 4.35. The molecule has 0 amide bonds. The summed E-state index contributed by atoms with van der Waals surface area (Å²) in [5, 5.41) is 0. The molecule has 0 aromatic heterocycles. The molecular weight excluding hydrogens is 164 g/mol. The van der Waals surface area contributed by atoms with Crippen LogP contribution in [0.15, 0.2) is 12.2 Å². The van der Waals surface area contributed by atoms with Crippen molar-refractivity contribution in [1.82, 2.24) is 0 Å². The Morgan fingerprint density at radius 2 is 2.08 bits per heavy atom. The average molecular weight is 182 g/mol. The molecule has 2 aliphatic rings. The van der Waals surface area contributed by atoms with Crippen LogP contribution in [0.4, 0.5) is 0 Å². The molecule has 2 heterocycles. The van der Waals surface area contributed by atoms with Crippen molar-refractivity contribution >= 4 is 0 Å². The molecule has 13 heavy (non-hydrogen) atoms. The van der Waals surface area contributed by atoms with E-state index in [-0.39, 0.29) is 5.60 Å². The van der Waals surface area contributed by atoms with E-state index in [0.29, 0.717) is 5.92 Å². The maximum atomic E-state index is 5.91. The largest absolute Gasteiger partial charge is 0.381 e. The first-order chi connectivity index (χ1) is 6.22. The molecule has 1 spiro atoms. The van der Waals surface area contributed by atoms with Gasteiger partial charge in [-0.1, -0.05) is 12.2 Å². The fourth-order valence-corrected chi connectivity index (χ4v) is 2.25. The molecule has 0 bridgehead atoms. The van der Waals surface area contributed by atoms with E-state index in [4.69, 9.17) is 9.47 Å². The molecule has 1 unspecified atom stereocenters. The van der Waals surface area contributed by atoms with E-state index in [9.17, 15) is 0 Å². The van der Waals surface area contributed by atoms with Gasteiger partial charge in [0.1, 0.15) is 0 Å². The lowest BCUT2D eigenvalue weighted by Gasteiger charge is -2.32. The molecule has 2 heteroatoms. The summed E-state index contributed by atoms with van der Waals surface area (Å²) in [4.78, 5) is 0. The molecule has 0 aromatic carbocycles. The molecule has 2 aliphatic heterocycles. The molecule has 0 aromatic rings. The van der Waals surface area contributed by atoms with Gasteiger partial charge in [0.15, 0.2) is 0 Å². The minimum Gasteiger partial charge on any atom is -0.381 e. The average Bonchev–Trinajstić information content (AvgIpc) is 2.51. The molecule has 2 saturated heterocycles. The predicted octanol–water partition coefficient (Wildman–Crippen LogP) is 2.15. The lowest BCUT2D eigenvalue weighted by atomic mass is 9.85. The predicted molar refractivity (Wildman–Crippen MR) is 51.7 cm³/mol. The minimum atomic E-state index is 0.141. The fraction of sp³-hybridized carbons (Fsp3) is 0.818. The third-order valence-electron chi connectivity index (χ3n) is 3.31. The summed E-state index contributed by atoms with van der Waals surface area (Å²) in [6.45, 7) is 8.71. The highest BCUT2D eigenvalue weighted by Gasteiger charge is 2.41. The van der Waals surface area contributed by atoms with Crippen molar-refractivity contribution in [3.8, 4) is 0 Å². The highest BCUT2D eigenvalue weighted by atomic mass is 16.5. The third kappa shape index (κ3) is 1.79. The van der Waals surface area contributed by atoms with Crippen molar-refractivity contribution in [2.45, 2.75) is 31.8 Å². The quantitative estimate of drug-likeness (QED) is 0.578. The minimum absolute atomic E-state index is 0.141. The Morgan fingerprint density at radius 3 is 2.62 bits per heavy atom. The van der Waals surface area contributed by atoms with Crippen LogP contribution in [0.1, 0.15) is 26.2 Å². The first-order valence-corrected chi connectivity index (χ1v) is 5.09. The van der Waals surface area contributed by atoms with Gasteiger partial charge in [-0.2, -0.15) is 0 Å². The Bertz CT molecular complexity index is 204. The summed E-state index contributed by atoms with van der Waals surface area (Å²) in [5.74, 6) is 0.582. The van der Waals surface area contributed by atoms with Crippen LogP contribution >= 0.6 is 0 Å². The van der Waals surface area contributed by atoms with Gasteiger partial charge in [-0.25, -0.2) is 0 Å². The molecule has 2 rings (SSSR count). The summed E-state index contributed by atoms with van der Waals surface area (Å²) in [5.41, 5.74) is 1.41. The zero-order valence-electron chi connectivity index (χ0n) is 8.34. The third-order valence-corrected chi connectivity index (χ3v) is 3.31. The Kier molecular flexibility index (Phi) is 2.43. The highest BCUT2D eigenvalue weighted by Crippen LogP contribution is 2.39. The van der Waals surface area contributed by atoms with Crippen LogP contribution in [0.25, 0.3) is 0 Å². The number of ether oxygens (including phenoxy) is 2. The van der Waals surface area contributed by atoms with Crippen molar-refractivity contribution in [2.75, 3.05) is 19.8 Å². The van der Waals surface area contributed by atoms with Crippen LogP contribution in [-0.2, 0) is 9.47 Å². The molecule has 0 saturated carbocycles. The Hall–Kier alpha value is -0.340. The van der Waals surface area contributed by atoms with E-state index in [1.807, 2.05) is 0 Å².